The molecule has 0 aliphatic heterocycles. The fourth-order valence-electron chi connectivity index (χ4n) is 1.90. The molecule has 3 atom stereocenters. The van der Waals surface area contributed by atoms with Crippen LogP contribution in [0, 0.1) is 0 Å². The van der Waals surface area contributed by atoms with Crippen molar-refractivity contribution < 1.29 is 24.6 Å². The molecule has 3 unspecified atom stereocenters. The molecule has 0 rings (SSSR count). The number of aliphatic hydroxyl groups is 1. The van der Waals surface area contributed by atoms with Crippen LogP contribution >= 0.6 is 0 Å². The maximum absolute atomic E-state index is 11.7. The molecule has 0 aliphatic carbocycles. The van der Waals surface area contributed by atoms with Crippen molar-refractivity contribution >= 4 is 17.8 Å². The second-order valence-electron chi connectivity index (χ2n) is 4.78. The van der Waals surface area contributed by atoms with E-state index in [0.717, 1.165) is 0 Å². The van der Waals surface area contributed by atoms with E-state index < -0.39 is 36.7 Å². The zero-order chi connectivity index (χ0) is 16.6. The standard InChI is InChI=1S/C13H25N3O5/c1-5-9(16(4)10(17)6-2)13(21)15-8(3)12(20)14-7-11(18)19/h8-9,13,15,21H,5-7H2,1-4H3,(H,14,20)(H,18,19). The number of hydrogen-bond donors (Lipinski definition) is 4. The molecule has 8 heteroatoms. The van der Waals surface area contributed by atoms with Gasteiger partial charge in [0, 0.05) is 13.5 Å². The lowest BCUT2D eigenvalue weighted by Crippen LogP contribution is -2.55. The van der Waals surface area contributed by atoms with Crippen LogP contribution < -0.4 is 10.6 Å². The molecule has 0 aromatic carbocycles. The molecular formula is C13H25N3O5. The number of carboxylic acids is 1. The predicted octanol–water partition coefficient (Wildman–Crippen LogP) is -0.869. The summed E-state index contributed by atoms with van der Waals surface area (Å²) in [5, 5.41) is 23.5. The molecule has 0 heterocycles. The summed E-state index contributed by atoms with van der Waals surface area (Å²) in [4.78, 5) is 35.1. The van der Waals surface area contributed by atoms with Crippen LogP contribution in [0.4, 0.5) is 0 Å². The second-order valence-corrected chi connectivity index (χ2v) is 4.78. The highest BCUT2D eigenvalue weighted by Gasteiger charge is 2.27. The maximum Gasteiger partial charge on any atom is 0.322 e. The summed E-state index contributed by atoms with van der Waals surface area (Å²) in [5.41, 5.74) is 0. The number of aliphatic carboxylic acids is 1. The van der Waals surface area contributed by atoms with E-state index in [-0.39, 0.29) is 5.91 Å². The monoisotopic (exact) mass is 303 g/mol. The van der Waals surface area contributed by atoms with Gasteiger partial charge in [0.05, 0.1) is 12.1 Å². The Labute approximate surface area is 124 Å². The fraction of sp³-hybridized carbons (Fsp3) is 0.769. The average molecular weight is 303 g/mol. The van der Waals surface area contributed by atoms with E-state index in [4.69, 9.17) is 5.11 Å². The Balaban J connectivity index is 4.55. The van der Waals surface area contributed by atoms with E-state index in [0.29, 0.717) is 12.8 Å². The number of amides is 2. The van der Waals surface area contributed by atoms with Crippen LogP contribution in [0.5, 0.6) is 0 Å². The number of carboxylic acid groups (broad SMARTS) is 1. The van der Waals surface area contributed by atoms with Crippen molar-refractivity contribution in [2.45, 2.75) is 51.9 Å². The summed E-state index contributed by atoms with van der Waals surface area (Å²) >= 11 is 0. The first-order valence-corrected chi connectivity index (χ1v) is 6.93. The first-order chi connectivity index (χ1) is 9.74. The van der Waals surface area contributed by atoms with Gasteiger partial charge in [-0.15, -0.1) is 0 Å². The van der Waals surface area contributed by atoms with Crippen LogP contribution in [0.1, 0.15) is 33.6 Å². The van der Waals surface area contributed by atoms with Crippen molar-refractivity contribution in [3.63, 3.8) is 0 Å². The van der Waals surface area contributed by atoms with Crippen molar-refractivity contribution in [1.82, 2.24) is 15.5 Å². The lowest BCUT2D eigenvalue weighted by atomic mass is 10.1. The zero-order valence-electron chi connectivity index (χ0n) is 12.9. The van der Waals surface area contributed by atoms with Gasteiger partial charge in [-0.3, -0.25) is 19.7 Å². The van der Waals surface area contributed by atoms with Crippen LogP contribution in [0.25, 0.3) is 0 Å². The molecule has 0 fully saturated rings. The van der Waals surface area contributed by atoms with E-state index in [1.165, 1.54) is 11.8 Å². The van der Waals surface area contributed by atoms with Gasteiger partial charge in [0.25, 0.3) is 0 Å². The summed E-state index contributed by atoms with van der Waals surface area (Å²) in [6.45, 7) is 4.58. The molecule has 4 N–H and O–H groups in total. The number of aliphatic hydroxyl groups excluding tert-OH is 1. The Morgan fingerprint density at radius 2 is 1.81 bits per heavy atom. The van der Waals surface area contributed by atoms with Gasteiger partial charge in [-0.05, 0) is 13.3 Å². The van der Waals surface area contributed by atoms with Gasteiger partial charge in [-0.25, -0.2) is 0 Å². The molecule has 0 saturated carbocycles. The van der Waals surface area contributed by atoms with Crippen LogP contribution in [0.15, 0.2) is 0 Å². The van der Waals surface area contributed by atoms with Gasteiger partial charge in [-0.1, -0.05) is 13.8 Å². The highest BCUT2D eigenvalue weighted by molar-refractivity contribution is 5.84. The van der Waals surface area contributed by atoms with Gasteiger partial charge in [0.15, 0.2) is 0 Å². The lowest BCUT2D eigenvalue weighted by Gasteiger charge is -2.32. The van der Waals surface area contributed by atoms with Crippen molar-refractivity contribution in [2.24, 2.45) is 0 Å². The number of likely N-dealkylation sites (N-methyl/N-ethyl adjacent to an activating group) is 1. The molecule has 8 nitrogen and oxygen atoms in total. The Hall–Kier alpha value is -1.67. The van der Waals surface area contributed by atoms with Gasteiger partial charge >= 0.3 is 5.97 Å². The van der Waals surface area contributed by atoms with Gasteiger partial charge in [0.1, 0.15) is 12.8 Å². The quantitative estimate of drug-likeness (QED) is 0.411. The first kappa shape index (κ1) is 19.3. The highest BCUT2D eigenvalue weighted by atomic mass is 16.4. The molecule has 122 valence electrons. The van der Waals surface area contributed by atoms with Crippen LogP contribution in [0.3, 0.4) is 0 Å². The minimum Gasteiger partial charge on any atom is -0.480 e. The lowest BCUT2D eigenvalue weighted by molar-refractivity contribution is -0.139. The zero-order valence-corrected chi connectivity index (χ0v) is 12.9. The number of hydrogen-bond acceptors (Lipinski definition) is 5. The number of carbonyl (C=O) groups is 3. The summed E-state index contributed by atoms with van der Waals surface area (Å²) in [6, 6.07) is -1.24. The van der Waals surface area contributed by atoms with E-state index in [1.54, 1.807) is 14.0 Å². The normalized spacial score (nSPS) is 14.9. The second kappa shape index (κ2) is 9.30. The predicted molar refractivity (Wildman–Crippen MR) is 76.4 cm³/mol. The highest BCUT2D eigenvalue weighted by Crippen LogP contribution is 2.08. The van der Waals surface area contributed by atoms with Crippen molar-refractivity contribution in [3.05, 3.63) is 0 Å². The van der Waals surface area contributed by atoms with E-state index >= 15 is 0 Å². The van der Waals surface area contributed by atoms with Crippen molar-refractivity contribution in [3.8, 4) is 0 Å². The third-order valence-corrected chi connectivity index (χ3v) is 3.20. The minimum atomic E-state index is -1.14. The van der Waals surface area contributed by atoms with Crippen LogP contribution in [-0.4, -0.2) is 64.8 Å². The molecular weight excluding hydrogens is 278 g/mol. The molecule has 0 aliphatic rings. The van der Waals surface area contributed by atoms with Gasteiger partial charge in [0.2, 0.25) is 11.8 Å². The maximum atomic E-state index is 11.7. The minimum absolute atomic E-state index is 0.106. The Bertz CT molecular complexity index is 375. The largest absolute Gasteiger partial charge is 0.480 e. The van der Waals surface area contributed by atoms with Crippen molar-refractivity contribution in [1.29, 1.82) is 0 Å². The van der Waals surface area contributed by atoms with E-state index in [9.17, 15) is 19.5 Å². The topological polar surface area (TPSA) is 119 Å². The smallest absolute Gasteiger partial charge is 0.322 e. The Morgan fingerprint density at radius 1 is 1.24 bits per heavy atom. The molecule has 0 spiro atoms. The summed E-state index contributed by atoms with van der Waals surface area (Å²) in [7, 11) is 1.60. The van der Waals surface area contributed by atoms with E-state index in [1.807, 2.05) is 6.92 Å². The molecule has 2 amide bonds. The number of nitrogens with zero attached hydrogens (tertiary/aromatic N) is 1. The third-order valence-electron chi connectivity index (χ3n) is 3.20. The van der Waals surface area contributed by atoms with Crippen molar-refractivity contribution in [2.75, 3.05) is 13.6 Å². The molecule has 0 radical (unpaired) electrons. The summed E-state index contributed by atoms with van der Waals surface area (Å²) < 4.78 is 0. The van der Waals surface area contributed by atoms with Crippen LogP contribution in [-0.2, 0) is 14.4 Å². The average Bonchev–Trinajstić information content (AvgIpc) is 2.43. The number of nitrogens with one attached hydrogen (secondary N) is 2. The van der Waals surface area contributed by atoms with Gasteiger partial charge < -0.3 is 20.4 Å². The van der Waals surface area contributed by atoms with Crippen LogP contribution in [0.2, 0.25) is 0 Å². The first-order valence-electron chi connectivity index (χ1n) is 6.93. The van der Waals surface area contributed by atoms with Gasteiger partial charge in [-0.2, -0.15) is 0 Å². The molecule has 0 bridgehead atoms. The molecule has 0 aromatic heterocycles. The summed E-state index contributed by atoms with van der Waals surface area (Å²) in [5.74, 6) is -1.78. The Morgan fingerprint density at radius 3 is 2.24 bits per heavy atom. The Kier molecular flexibility index (Phi) is 8.56. The summed E-state index contributed by atoms with van der Waals surface area (Å²) in [6.07, 6.45) is -0.241. The van der Waals surface area contributed by atoms with E-state index in [2.05, 4.69) is 10.6 Å². The molecule has 0 aromatic rings. The molecule has 0 saturated heterocycles. The SMILES string of the molecule is CCC(=O)N(C)C(CC)C(O)NC(C)C(=O)NCC(=O)O. The third kappa shape index (κ3) is 6.54. The molecule has 21 heavy (non-hydrogen) atoms. The fourth-order valence-corrected chi connectivity index (χ4v) is 1.90. The number of rotatable bonds is 9. The number of carbonyl (C=O) groups excluding carboxylic acids is 2.